The monoisotopic (exact) mass is 318 g/mol. The van der Waals surface area contributed by atoms with Gasteiger partial charge >= 0.3 is 0 Å². The number of carbonyl (C=O) groups is 1. The van der Waals surface area contributed by atoms with Gasteiger partial charge in [0.25, 0.3) is 5.91 Å². The molecule has 1 N–H and O–H groups in total. The number of nitriles is 2. The molecule has 2 aromatic carbocycles. The summed E-state index contributed by atoms with van der Waals surface area (Å²) in [6.45, 7) is 1.50. The van der Waals surface area contributed by atoms with Crippen LogP contribution in [0, 0.1) is 22.7 Å². The molecule has 24 heavy (non-hydrogen) atoms. The molecule has 6 heteroatoms. The Labute approximate surface area is 139 Å². The van der Waals surface area contributed by atoms with E-state index in [0.717, 1.165) is 5.56 Å². The number of nitrogens with one attached hydrogen (secondary N) is 1. The van der Waals surface area contributed by atoms with Gasteiger partial charge in [-0.3, -0.25) is 4.79 Å². The summed E-state index contributed by atoms with van der Waals surface area (Å²) < 4.78 is 5.32. The molecule has 2 rings (SSSR count). The maximum Gasteiger partial charge on any atom is 0.277 e. The molecule has 0 unspecified atom stereocenters. The molecule has 0 aliphatic carbocycles. The van der Waals surface area contributed by atoms with Crippen LogP contribution in [0.15, 0.2) is 53.6 Å². The zero-order valence-electron chi connectivity index (χ0n) is 13.0. The molecule has 0 spiro atoms. The van der Waals surface area contributed by atoms with Crippen molar-refractivity contribution in [2.75, 3.05) is 6.61 Å². The Balaban J connectivity index is 1.92. The number of rotatable bonds is 5. The summed E-state index contributed by atoms with van der Waals surface area (Å²) in [7, 11) is 0. The number of hydrazone groups is 1. The molecule has 6 nitrogen and oxygen atoms in total. The second-order valence-corrected chi connectivity index (χ2v) is 4.82. The molecule has 2 aromatic rings. The summed E-state index contributed by atoms with van der Waals surface area (Å²) in [5, 5.41) is 21.7. The minimum atomic E-state index is -0.435. The first-order valence-electron chi connectivity index (χ1n) is 7.09. The molecular formula is C18H14N4O2. The third-order valence-corrected chi connectivity index (χ3v) is 3.15. The quantitative estimate of drug-likeness (QED) is 0.675. The standard InChI is InChI=1S/C18H14N4O2/c1-13(15-8-6-14(10-19)7-9-15)21-22-18(23)12-24-17-5-3-2-4-16(17)11-20/h2-9H,12H2,1H3,(H,22,23)/b21-13+. The van der Waals surface area contributed by atoms with Gasteiger partial charge in [0.2, 0.25) is 0 Å². The van der Waals surface area contributed by atoms with E-state index in [9.17, 15) is 4.79 Å². The number of carbonyl (C=O) groups excluding carboxylic acids is 1. The van der Waals surface area contributed by atoms with Gasteiger partial charge in [0.15, 0.2) is 6.61 Å². The van der Waals surface area contributed by atoms with E-state index in [2.05, 4.69) is 10.5 Å². The Morgan fingerprint density at radius 1 is 1.12 bits per heavy atom. The van der Waals surface area contributed by atoms with Crippen LogP contribution < -0.4 is 10.2 Å². The lowest BCUT2D eigenvalue weighted by atomic mass is 10.1. The number of nitrogens with zero attached hydrogens (tertiary/aromatic N) is 3. The molecule has 1 amide bonds. The van der Waals surface area contributed by atoms with E-state index in [1.807, 2.05) is 12.1 Å². The van der Waals surface area contributed by atoms with E-state index in [1.165, 1.54) is 0 Å². The molecule has 0 aliphatic heterocycles. The normalized spacial score (nSPS) is 10.4. The van der Waals surface area contributed by atoms with Crippen LogP contribution in [0.4, 0.5) is 0 Å². The van der Waals surface area contributed by atoms with Gasteiger partial charge in [-0.25, -0.2) is 5.43 Å². The van der Waals surface area contributed by atoms with E-state index >= 15 is 0 Å². The summed E-state index contributed by atoms with van der Waals surface area (Å²) in [5.74, 6) is -0.0846. The van der Waals surface area contributed by atoms with E-state index in [1.54, 1.807) is 55.5 Å². The Morgan fingerprint density at radius 3 is 2.50 bits per heavy atom. The van der Waals surface area contributed by atoms with Crippen molar-refractivity contribution in [3.8, 4) is 17.9 Å². The van der Waals surface area contributed by atoms with Crippen molar-refractivity contribution < 1.29 is 9.53 Å². The van der Waals surface area contributed by atoms with Gasteiger partial charge in [-0.15, -0.1) is 0 Å². The fourth-order valence-electron chi connectivity index (χ4n) is 1.86. The van der Waals surface area contributed by atoms with Crippen molar-refractivity contribution >= 4 is 11.6 Å². The van der Waals surface area contributed by atoms with Crippen LogP contribution in [0.25, 0.3) is 0 Å². The molecular weight excluding hydrogens is 304 g/mol. The zero-order chi connectivity index (χ0) is 17.4. The molecule has 0 fully saturated rings. The molecule has 0 aliphatic rings. The van der Waals surface area contributed by atoms with Crippen molar-refractivity contribution in [3.63, 3.8) is 0 Å². The third-order valence-electron chi connectivity index (χ3n) is 3.15. The van der Waals surface area contributed by atoms with Crippen LogP contribution >= 0.6 is 0 Å². The highest BCUT2D eigenvalue weighted by Crippen LogP contribution is 2.16. The van der Waals surface area contributed by atoms with Crippen molar-refractivity contribution in [1.29, 1.82) is 10.5 Å². The lowest BCUT2D eigenvalue weighted by Crippen LogP contribution is -2.25. The highest BCUT2D eigenvalue weighted by atomic mass is 16.5. The van der Waals surface area contributed by atoms with Crippen LogP contribution in [-0.4, -0.2) is 18.2 Å². The summed E-state index contributed by atoms with van der Waals surface area (Å²) in [5.41, 5.74) is 4.71. The SMILES string of the molecule is C/C(=N\NC(=O)COc1ccccc1C#N)c1ccc(C#N)cc1. The maximum atomic E-state index is 11.8. The van der Waals surface area contributed by atoms with Crippen LogP contribution in [-0.2, 0) is 4.79 Å². The summed E-state index contributed by atoms with van der Waals surface area (Å²) in [6, 6.07) is 17.6. The average Bonchev–Trinajstić information content (AvgIpc) is 2.64. The lowest BCUT2D eigenvalue weighted by molar-refractivity contribution is -0.123. The number of benzene rings is 2. The minimum absolute atomic E-state index is 0.247. The van der Waals surface area contributed by atoms with E-state index < -0.39 is 5.91 Å². The van der Waals surface area contributed by atoms with Crippen molar-refractivity contribution in [1.82, 2.24) is 5.43 Å². The first kappa shape index (κ1) is 16.7. The van der Waals surface area contributed by atoms with E-state index in [-0.39, 0.29) is 6.61 Å². The molecule has 0 bridgehead atoms. The highest BCUT2D eigenvalue weighted by Gasteiger charge is 2.06. The van der Waals surface area contributed by atoms with Gasteiger partial charge in [0.05, 0.1) is 22.9 Å². The van der Waals surface area contributed by atoms with E-state index in [4.69, 9.17) is 15.3 Å². The molecule has 0 aromatic heterocycles. The molecule has 0 radical (unpaired) electrons. The fourth-order valence-corrected chi connectivity index (χ4v) is 1.86. The molecule has 118 valence electrons. The highest BCUT2D eigenvalue weighted by molar-refractivity contribution is 5.99. The van der Waals surface area contributed by atoms with Crippen molar-refractivity contribution in [3.05, 3.63) is 65.2 Å². The number of hydrogen-bond acceptors (Lipinski definition) is 5. The smallest absolute Gasteiger partial charge is 0.277 e. The first-order chi connectivity index (χ1) is 11.6. The van der Waals surface area contributed by atoms with Gasteiger partial charge in [0.1, 0.15) is 11.8 Å². The first-order valence-corrected chi connectivity index (χ1v) is 7.09. The van der Waals surface area contributed by atoms with Gasteiger partial charge in [0, 0.05) is 0 Å². The van der Waals surface area contributed by atoms with Crippen molar-refractivity contribution in [2.24, 2.45) is 5.10 Å². The summed E-state index contributed by atoms with van der Waals surface area (Å²) >= 11 is 0. The number of ether oxygens (including phenoxy) is 1. The summed E-state index contributed by atoms with van der Waals surface area (Å²) in [4.78, 5) is 11.8. The molecule has 0 saturated heterocycles. The van der Waals surface area contributed by atoms with Gasteiger partial charge in [-0.05, 0) is 36.8 Å². The Hall–Kier alpha value is -3.64. The van der Waals surface area contributed by atoms with Crippen LogP contribution in [0.5, 0.6) is 5.75 Å². The minimum Gasteiger partial charge on any atom is -0.482 e. The number of para-hydroxylation sites is 1. The van der Waals surface area contributed by atoms with Crippen LogP contribution in [0.2, 0.25) is 0 Å². The third kappa shape index (κ3) is 4.43. The van der Waals surface area contributed by atoms with Gasteiger partial charge in [-0.1, -0.05) is 24.3 Å². The molecule has 0 saturated carbocycles. The van der Waals surface area contributed by atoms with Crippen LogP contribution in [0.3, 0.4) is 0 Å². The van der Waals surface area contributed by atoms with E-state index in [0.29, 0.717) is 22.6 Å². The van der Waals surface area contributed by atoms with Gasteiger partial charge in [-0.2, -0.15) is 15.6 Å². The number of hydrogen-bond donors (Lipinski definition) is 1. The topological polar surface area (TPSA) is 98.3 Å². The van der Waals surface area contributed by atoms with Crippen molar-refractivity contribution in [2.45, 2.75) is 6.92 Å². The fraction of sp³-hybridized carbons (Fsp3) is 0.111. The Morgan fingerprint density at radius 2 is 1.83 bits per heavy atom. The predicted octanol–water partition coefficient (Wildman–Crippen LogP) is 2.35. The summed E-state index contributed by atoms with van der Waals surface area (Å²) in [6.07, 6.45) is 0. The predicted molar refractivity (Wildman–Crippen MR) is 88.2 cm³/mol. The zero-order valence-corrected chi connectivity index (χ0v) is 13.0. The maximum absolute atomic E-state index is 11.8. The lowest BCUT2D eigenvalue weighted by Gasteiger charge is -2.07. The average molecular weight is 318 g/mol. The second-order valence-electron chi connectivity index (χ2n) is 4.82. The Kier molecular flexibility index (Phi) is 5.65. The van der Waals surface area contributed by atoms with Gasteiger partial charge < -0.3 is 4.74 Å². The second kappa shape index (κ2) is 8.11. The molecule has 0 heterocycles. The number of amides is 1. The van der Waals surface area contributed by atoms with Crippen LogP contribution in [0.1, 0.15) is 23.6 Å². The largest absolute Gasteiger partial charge is 0.482 e. The molecule has 0 atom stereocenters. The Bertz CT molecular complexity index is 843.